The number of carbonyl (C=O) groups excluding carboxylic acids is 1. The van der Waals surface area contributed by atoms with Gasteiger partial charge in [0.2, 0.25) is 0 Å². The number of nitrogen functional groups attached to an aromatic ring is 1. The van der Waals surface area contributed by atoms with Crippen LogP contribution in [0.25, 0.3) is 0 Å². The van der Waals surface area contributed by atoms with E-state index in [1.165, 1.54) is 6.20 Å². The summed E-state index contributed by atoms with van der Waals surface area (Å²) in [7, 11) is 0. The number of anilines is 1. The Morgan fingerprint density at radius 1 is 1.55 bits per heavy atom. The average molecular weight is 297 g/mol. The van der Waals surface area contributed by atoms with Crippen molar-refractivity contribution in [1.29, 1.82) is 0 Å². The highest BCUT2D eigenvalue weighted by Gasteiger charge is 2.19. The summed E-state index contributed by atoms with van der Waals surface area (Å²) in [6.07, 6.45) is 3.69. The smallest absolute Gasteiger partial charge is 0.254 e. The van der Waals surface area contributed by atoms with Gasteiger partial charge in [0.1, 0.15) is 5.15 Å². The molecule has 5 nitrogen and oxygen atoms in total. The van der Waals surface area contributed by atoms with Gasteiger partial charge in [0, 0.05) is 6.54 Å². The van der Waals surface area contributed by atoms with Crippen LogP contribution in [-0.4, -0.2) is 42.0 Å². The first-order chi connectivity index (χ1) is 9.60. The minimum atomic E-state index is -0.201. The van der Waals surface area contributed by atoms with Crippen molar-refractivity contribution in [2.24, 2.45) is 5.92 Å². The molecule has 1 amide bonds. The van der Waals surface area contributed by atoms with Crippen LogP contribution in [0.5, 0.6) is 0 Å². The van der Waals surface area contributed by atoms with E-state index >= 15 is 0 Å². The molecule has 1 fully saturated rings. The first kappa shape index (κ1) is 15.1. The van der Waals surface area contributed by atoms with Crippen molar-refractivity contribution in [3.63, 3.8) is 0 Å². The summed E-state index contributed by atoms with van der Waals surface area (Å²) in [6, 6.07) is 1.56. The van der Waals surface area contributed by atoms with Gasteiger partial charge in [0.05, 0.1) is 17.4 Å². The highest BCUT2D eigenvalue weighted by Crippen LogP contribution is 2.18. The number of amides is 1. The molecule has 0 unspecified atom stereocenters. The van der Waals surface area contributed by atoms with Crippen molar-refractivity contribution in [3.8, 4) is 0 Å². The first-order valence-electron chi connectivity index (χ1n) is 7.01. The molecule has 1 aromatic rings. The fraction of sp³-hybridized carbons (Fsp3) is 0.571. The third kappa shape index (κ3) is 3.84. The molecule has 110 valence electrons. The number of likely N-dealkylation sites (tertiary alicyclic amines) is 1. The fourth-order valence-electron chi connectivity index (χ4n) is 2.46. The molecule has 1 aromatic heterocycles. The molecule has 0 radical (unpaired) electrons. The Morgan fingerprint density at radius 3 is 2.90 bits per heavy atom. The van der Waals surface area contributed by atoms with Crippen molar-refractivity contribution in [2.75, 3.05) is 31.9 Å². The second-order valence-electron chi connectivity index (χ2n) is 5.19. The SMILES string of the molecule is CCN1CCC(CNC(=O)c2cc(N)cnc2Cl)CC1. The maximum atomic E-state index is 12.1. The van der Waals surface area contributed by atoms with Crippen molar-refractivity contribution < 1.29 is 4.79 Å². The second-order valence-corrected chi connectivity index (χ2v) is 5.55. The van der Waals surface area contributed by atoms with Gasteiger partial charge in [-0.25, -0.2) is 4.98 Å². The quantitative estimate of drug-likeness (QED) is 0.831. The molecule has 3 N–H and O–H groups in total. The van der Waals surface area contributed by atoms with Gasteiger partial charge in [0.25, 0.3) is 5.91 Å². The Morgan fingerprint density at radius 2 is 2.25 bits per heavy atom. The third-order valence-electron chi connectivity index (χ3n) is 3.81. The average Bonchev–Trinajstić information content (AvgIpc) is 2.47. The number of rotatable bonds is 4. The molecule has 20 heavy (non-hydrogen) atoms. The Bertz CT molecular complexity index is 472. The largest absolute Gasteiger partial charge is 0.397 e. The number of nitrogens with two attached hydrogens (primary N) is 1. The zero-order valence-electron chi connectivity index (χ0n) is 11.7. The molecule has 6 heteroatoms. The van der Waals surface area contributed by atoms with E-state index in [-0.39, 0.29) is 11.1 Å². The highest BCUT2D eigenvalue weighted by atomic mass is 35.5. The molecule has 0 bridgehead atoms. The van der Waals surface area contributed by atoms with E-state index in [1.807, 2.05) is 0 Å². The van der Waals surface area contributed by atoms with Crippen LogP contribution in [0.15, 0.2) is 12.3 Å². The molecule has 1 aliphatic heterocycles. The summed E-state index contributed by atoms with van der Waals surface area (Å²) in [6.45, 7) is 6.18. The molecule has 2 rings (SSSR count). The number of hydrogen-bond donors (Lipinski definition) is 2. The number of nitrogens with zero attached hydrogens (tertiary/aromatic N) is 2. The van der Waals surface area contributed by atoms with E-state index in [0.29, 0.717) is 23.7 Å². The molecule has 0 atom stereocenters. The van der Waals surface area contributed by atoms with E-state index in [2.05, 4.69) is 22.1 Å². The van der Waals surface area contributed by atoms with E-state index in [1.54, 1.807) is 6.07 Å². The predicted octanol–water partition coefficient (Wildman–Crippen LogP) is 1.78. The van der Waals surface area contributed by atoms with Crippen LogP contribution in [0.3, 0.4) is 0 Å². The van der Waals surface area contributed by atoms with Crippen LogP contribution >= 0.6 is 11.6 Å². The molecular formula is C14H21ClN4O. The lowest BCUT2D eigenvalue weighted by molar-refractivity contribution is 0.0936. The Hall–Kier alpha value is -1.33. The number of halogens is 1. The molecule has 0 spiro atoms. The maximum absolute atomic E-state index is 12.1. The van der Waals surface area contributed by atoms with E-state index < -0.39 is 0 Å². The van der Waals surface area contributed by atoms with Crippen molar-refractivity contribution >= 4 is 23.2 Å². The van der Waals surface area contributed by atoms with Crippen LogP contribution in [0.2, 0.25) is 5.15 Å². The lowest BCUT2D eigenvalue weighted by Gasteiger charge is -2.31. The summed E-state index contributed by atoms with van der Waals surface area (Å²) in [4.78, 5) is 18.4. The zero-order chi connectivity index (χ0) is 14.5. The predicted molar refractivity (Wildman–Crippen MR) is 80.8 cm³/mol. The minimum Gasteiger partial charge on any atom is -0.397 e. The number of aromatic nitrogens is 1. The molecule has 0 aromatic carbocycles. The van der Waals surface area contributed by atoms with Gasteiger partial charge in [-0.15, -0.1) is 0 Å². The van der Waals surface area contributed by atoms with Crippen molar-refractivity contribution in [1.82, 2.24) is 15.2 Å². The summed E-state index contributed by atoms with van der Waals surface area (Å²) in [5.74, 6) is 0.335. The van der Waals surface area contributed by atoms with Crippen molar-refractivity contribution in [3.05, 3.63) is 23.0 Å². The fourth-order valence-corrected chi connectivity index (χ4v) is 2.65. The molecule has 1 saturated heterocycles. The van der Waals surface area contributed by atoms with Crippen LogP contribution in [0, 0.1) is 5.92 Å². The second kappa shape index (κ2) is 6.90. The van der Waals surface area contributed by atoms with Gasteiger partial charge in [-0.2, -0.15) is 0 Å². The molecule has 1 aliphatic rings. The topological polar surface area (TPSA) is 71.2 Å². The van der Waals surface area contributed by atoms with E-state index in [4.69, 9.17) is 17.3 Å². The lowest BCUT2D eigenvalue weighted by atomic mass is 9.97. The van der Waals surface area contributed by atoms with Gasteiger partial charge in [0.15, 0.2) is 0 Å². The molecule has 0 aliphatic carbocycles. The van der Waals surface area contributed by atoms with Crippen molar-refractivity contribution in [2.45, 2.75) is 19.8 Å². The third-order valence-corrected chi connectivity index (χ3v) is 4.11. The number of piperidine rings is 1. The molecule has 0 saturated carbocycles. The van der Waals surface area contributed by atoms with Crippen LogP contribution in [0.1, 0.15) is 30.1 Å². The van der Waals surface area contributed by atoms with E-state index in [0.717, 1.165) is 32.5 Å². The summed E-state index contributed by atoms with van der Waals surface area (Å²) >= 11 is 5.92. The minimum absolute atomic E-state index is 0.192. The number of carbonyl (C=O) groups is 1. The lowest BCUT2D eigenvalue weighted by Crippen LogP contribution is -2.38. The van der Waals surface area contributed by atoms with Gasteiger partial charge in [-0.1, -0.05) is 18.5 Å². The van der Waals surface area contributed by atoms with Gasteiger partial charge in [-0.3, -0.25) is 4.79 Å². The van der Waals surface area contributed by atoms with Crippen LogP contribution < -0.4 is 11.1 Å². The van der Waals surface area contributed by atoms with Gasteiger partial charge >= 0.3 is 0 Å². The van der Waals surface area contributed by atoms with Crippen LogP contribution in [0.4, 0.5) is 5.69 Å². The summed E-state index contributed by atoms with van der Waals surface area (Å²) in [5, 5.41) is 3.12. The number of pyridine rings is 1. The standard InChI is InChI=1S/C14H21ClN4O/c1-2-19-5-3-10(4-6-19)8-18-14(20)12-7-11(16)9-17-13(12)15/h7,9-10H,2-6,8,16H2,1H3,(H,18,20). The van der Waals surface area contributed by atoms with Gasteiger partial charge < -0.3 is 16.0 Å². The summed E-state index contributed by atoms with van der Waals surface area (Å²) in [5.41, 5.74) is 6.41. The molecule has 2 heterocycles. The molecular weight excluding hydrogens is 276 g/mol. The van der Waals surface area contributed by atoms with E-state index in [9.17, 15) is 4.79 Å². The zero-order valence-corrected chi connectivity index (χ0v) is 12.5. The number of nitrogens with one attached hydrogen (secondary N) is 1. The summed E-state index contributed by atoms with van der Waals surface area (Å²) < 4.78 is 0. The Labute approximate surface area is 124 Å². The highest BCUT2D eigenvalue weighted by molar-refractivity contribution is 6.32. The normalized spacial score (nSPS) is 17.1. The number of hydrogen-bond acceptors (Lipinski definition) is 4. The Kier molecular flexibility index (Phi) is 5.20. The first-order valence-corrected chi connectivity index (χ1v) is 7.39. The Balaban J connectivity index is 1.85. The monoisotopic (exact) mass is 296 g/mol. The van der Waals surface area contributed by atoms with Gasteiger partial charge in [-0.05, 0) is 44.5 Å². The van der Waals surface area contributed by atoms with Crippen LogP contribution in [-0.2, 0) is 0 Å². The maximum Gasteiger partial charge on any atom is 0.254 e.